The third-order valence-electron chi connectivity index (χ3n) is 9.76. The number of hydrogen-bond acceptors (Lipinski definition) is 4. The van der Waals surface area contributed by atoms with Gasteiger partial charge in [0.25, 0.3) is 0 Å². The van der Waals surface area contributed by atoms with Crippen LogP contribution in [-0.2, 0) is 5.60 Å². The quantitative estimate of drug-likeness (QED) is 0.195. The lowest BCUT2D eigenvalue weighted by atomic mass is 9.68. The van der Waals surface area contributed by atoms with Gasteiger partial charge in [0.05, 0.1) is 23.9 Å². The molecule has 8 rings (SSSR count). The van der Waals surface area contributed by atoms with Crippen LogP contribution in [0.15, 0.2) is 151 Å². The first kappa shape index (κ1) is 29.2. The Labute approximate surface area is 269 Å². The molecule has 2 aliphatic heterocycles. The number of hydrazone groups is 1. The molecule has 0 bridgehead atoms. The maximum Gasteiger partial charge on any atom is 0.431 e. The number of hydrogen-bond donors (Lipinski definition) is 1. The molecule has 2 heterocycles. The maximum atomic E-state index is 15.1. The van der Waals surface area contributed by atoms with Crippen LogP contribution < -0.4 is 0 Å². The van der Waals surface area contributed by atoms with Crippen molar-refractivity contribution in [2.75, 3.05) is 0 Å². The van der Waals surface area contributed by atoms with E-state index in [0.717, 1.165) is 21.5 Å². The van der Waals surface area contributed by atoms with E-state index in [-0.39, 0.29) is 5.78 Å². The number of Topliss-reactive ketones (excluding diaryl/α,β-unsaturated/α-hetero) is 1. The molecule has 0 saturated carbocycles. The molecule has 2 aliphatic rings. The molecule has 4 nitrogen and oxygen atoms in total. The highest BCUT2D eigenvalue weighted by Gasteiger charge is 2.69. The number of nitrogens with zero attached hydrogens (tertiary/aromatic N) is 2. The molecular weight excluding hydrogens is 597 g/mol. The van der Waals surface area contributed by atoms with E-state index >= 15 is 13.2 Å². The highest BCUT2D eigenvalue weighted by molar-refractivity contribution is 6.02. The molecule has 6 aromatic carbocycles. The van der Waals surface area contributed by atoms with Gasteiger partial charge in [0.1, 0.15) is 5.60 Å². The number of halogens is 3. The monoisotopic (exact) mass is 626 g/mol. The summed E-state index contributed by atoms with van der Waals surface area (Å²) in [5.74, 6) is -2.95. The van der Waals surface area contributed by atoms with Gasteiger partial charge in [-0.2, -0.15) is 18.3 Å². The molecular formula is C40H29F3N2O2. The predicted octanol–water partition coefficient (Wildman–Crippen LogP) is 8.82. The van der Waals surface area contributed by atoms with E-state index < -0.39 is 41.4 Å². The Kier molecular flexibility index (Phi) is 6.77. The summed E-state index contributed by atoms with van der Waals surface area (Å²) >= 11 is 0. The van der Waals surface area contributed by atoms with Gasteiger partial charge in [-0.1, -0.05) is 140 Å². The summed E-state index contributed by atoms with van der Waals surface area (Å²) in [5, 5.41) is 22.5. The van der Waals surface area contributed by atoms with Gasteiger partial charge >= 0.3 is 6.18 Å². The molecule has 5 atom stereocenters. The van der Waals surface area contributed by atoms with Crippen LogP contribution in [-0.4, -0.2) is 33.8 Å². The summed E-state index contributed by atoms with van der Waals surface area (Å²) in [6, 6.07) is 41.0. The van der Waals surface area contributed by atoms with Crippen molar-refractivity contribution in [1.82, 2.24) is 5.01 Å². The van der Waals surface area contributed by atoms with Crippen molar-refractivity contribution in [3.63, 3.8) is 0 Å². The van der Waals surface area contributed by atoms with Crippen LogP contribution >= 0.6 is 0 Å². The average molecular weight is 627 g/mol. The van der Waals surface area contributed by atoms with Crippen LogP contribution in [0.25, 0.3) is 21.5 Å². The number of carbonyl (C=O) groups excluding carboxylic acids is 1. The van der Waals surface area contributed by atoms with E-state index in [1.165, 1.54) is 5.01 Å². The fourth-order valence-electron chi connectivity index (χ4n) is 7.71. The first-order valence-corrected chi connectivity index (χ1v) is 15.5. The molecule has 1 fully saturated rings. The summed E-state index contributed by atoms with van der Waals surface area (Å²) in [6.07, 6.45) is -4.80. The third-order valence-corrected chi connectivity index (χ3v) is 9.76. The predicted molar refractivity (Wildman–Crippen MR) is 177 cm³/mol. The molecule has 0 radical (unpaired) electrons. The zero-order valence-electron chi connectivity index (χ0n) is 25.0. The van der Waals surface area contributed by atoms with Gasteiger partial charge in [-0.3, -0.25) is 9.80 Å². The molecule has 1 saturated heterocycles. The molecule has 0 aromatic heterocycles. The van der Waals surface area contributed by atoms with Crippen LogP contribution in [0.2, 0.25) is 0 Å². The second kappa shape index (κ2) is 10.9. The average Bonchev–Trinajstić information content (AvgIpc) is 3.63. The Morgan fingerprint density at radius 2 is 1.17 bits per heavy atom. The highest BCUT2D eigenvalue weighted by Crippen LogP contribution is 2.60. The molecule has 7 heteroatoms. The number of alkyl halides is 3. The number of aliphatic hydroxyl groups is 1. The van der Waals surface area contributed by atoms with Gasteiger partial charge in [-0.15, -0.1) is 0 Å². The zero-order chi connectivity index (χ0) is 32.3. The van der Waals surface area contributed by atoms with Crippen LogP contribution in [0, 0.1) is 5.92 Å². The summed E-state index contributed by atoms with van der Waals surface area (Å²) < 4.78 is 45.4. The van der Waals surface area contributed by atoms with Crippen LogP contribution in [0.5, 0.6) is 0 Å². The molecule has 0 spiro atoms. The molecule has 0 aliphatic carbocycles. The van der Waals surface area contributed by atoms with Gasteiger partial charge in [-0.05, 0) is 44.3 Å². The van der Waals surface area contributed by atoms with E-state index in [0.29, 0.717) is 22.3 Å². The summed E-state index contributed by atoms with van der Waals surface area (Å²) in [4.78, 5) is 14.8. The smallest absolute Gasteiger partial charge is 0.382 e. The largest absolute Gasteiger partial charge is 0.431 e. The number of carbonyl (C=O) groups is 1. The number of rotatable bonds is 5. The van der Waals surface area contributed by atoms with E-state index in [9.17, 15) is 9.90 Å². The Hall–Kier alpha value is -5.27. The summed E-state index contributed by atoms with van der Waals surface area (Å²) in [5.41, 5.74) is -1.38. The Morgan fingerprint density at radius 1 is 0.660 bits per heavy atom. The number of fused-ring (bicyclic) bond motifs is 3. The molecule has 47 heavy (non-hydrogen) atoms. The van der Waals surface area contributed by atoms with E-state index in [2.05, 4.69) is 5.10 Å². The van der Waals surface area contributed by atoms with Crippen LogP contribution in [0.3, 0.4) is 0 Å². The molecule has 2 unspecified atom stereocenters. The minimum atomic E-state index is -4.80. The first-order valence-electron chi connectivity index (χ1n) is 15.5. The van der Waals surface area contributed by atoms with Gasteiger partial charge in [-0.25, -0.2) is 0 Å². The normalized spacial score (nSPS) is 24.0. The van der Waals surface area contributed by atoms with Crippen molar-refractivity contribution in [3.05, 3.63) is 168 Å². The van der Waals surface area contributed by atoms with Gasteiger partial charge in [0, 0.05) is 5.56 Å². The highest BCUT2D eigenvalue weighted by atomic mass is 19.4. The second-order valence-corrected chi connectivity index (χ2v) is 12.3. The minimum absolute atomic E-state index is 0.358. The lowest BCUT2D eigenvalue weighted by Gasteiger charge is -2.37. The number of ketones is 1. The third kappa shape index (κ3) is 4.64. The van der Waals surface area contributed by atoms with Gasteiger partial charge in [0.2, 0.25) is 0 Å². The first-order chi connectivity index (χ1) is 22.7. The lowest BCUT2D eigenvalue weighted by Crippen LogP contribution is -2.49. The number of benzene rings is 6. The van der Waals surface area contributed by atoms with Gasteiger partial charge in [0.15, 0.2) is 11.5 Å². The Balaban J connectivity index is 1.42. The standard InChI is InChI=1S/C40H29F3N2O2/c41-40(42,43)37-33(30-21-19-25-11-7-9-15-28(25)23-30)38-39(47,32-17-5-2-6-18-32)34(36(46)27-13-3-1-4-14-27)35(45(38)44-37)31-22-20-26-12-8-10-16-29(26)24-31/h1-24,33-35,38,47H/t33-,34?,35-,38?,39-/m1/s1. The SMILES string of the molecule is O=C(c1ccccc1)C1[C@@H](c2ccc3ccccc3c2)N2N=C(C(F)(F)F)[C@@H](c3ccc4ccccc4c3)C2[C@@]1(O)c1ccccc1. The van der Waals surface area contributed by atoms with Gasteiger partial charge < -0.3 is 5.11 Å². The fraction of sp³-hybridized carbons (Fsp3) is 0.150. The van der Waals surface area contributed by atoms with Crippen molar-refractivity contribution in [3.8, 4) is 0 Å². The van der Waals surface area contributed by atoms with Crippen LogP contribution in [0.1, 0.15) is 39.0 Å². The Bertz CT molecular complexity index is 2170. The summed E-state index contributed by atoms with van der Waals surface area (Å²) in [6.45, 7) is 0. The van der Waals surface area contributed by atoms with Crippen molar-refractivity contribution in [1.29, 1.82) is 0 Å². The molecule has 1 N–H and O–H groups in total. The minimum Gasteiger partial charge on any atom is -0.382 e. The topological polar surface area (TPSA) is 52.9 Å². The van der Waals surface area contributed by atoms with E-state index in [1.807, 2.05) is 66.7 Å². The zero-order valence-corrected chi connectivity index (χ0v) is 25.0. The van der Waals surface area contributed by atoms with Crippen molar-refractivity contribution >= 4 is 33.0 Å². The lowest BCUT2D eigenvalue weighted by molar-refractivity contribution is -0.0631. The molecule has 232 valence electrons. The van der Waals surface area contributed by atoms with E-state index in [4.69, 9.17) is 0 Å². The van der Waals surface area contributed by atoms with Crippen LogP contribution in [0.4, 0.5) is 13.2 Å². The van der Waals surface area contributed by atoms with Crippen molar-refractivity contribution in [2.24, 2.45) is 11.0 Å². The van der Waals surface area contributed by atoms with E-state index in [1.54, 1.807) is 78.9 Å². The Morgan fingerprint density at radius 3 is 1.77 bits per heavy atom. The van der Waals surface area contributed by atoms with Crippen molar-refractivity contribution < 1.29 is 23.1 Å². The molecule has 0 amide bonds. The molecule has 6 aromatic rings. The maximum absolute atomic E-state index is 15.1. The summed E-state index contributed by atoms with van der Waals surface area (Å²) in [7, 11) is 0. The van der Waals surface area contributed by atoms with Crippen molar-refractivity contribution in [2.45, 2.75) is 29.8 Å². The second-order valence-electron chi connectivity index (χ2n) is 12.3. The fourth-order valence-corrected chi connectivity index (χ4v) is 7.71.